The molecule has 0 spiro atoms. The zero-order chi connectivity index (χ0) is 12.3. The summed E-state index contributed by atoms with van der Waals surface area (Å²) < 4.78 is 0. The largest absolute Gasteiger partial charge is 0.507 e. The minimum atomic E-state index is 0.343. The summed E-state index contributed by atoms with van der Waals surface area (Å²) in [6.07, 6.45) is 0.875. The van der Waals surface area contributed by atoms with Gasteiger partial charge in [-0.25, -0.2) is 0 Å². The molecular formula is C14H23NO. The maximum atomic E-state index is 10.2. The Morgan fingerprint density at radius 1 is 1.06 bits per heavy atom. The molecule has 0 aliphatic heterocycles. The number of phenolic OH excluding ortho intramolecular Hbond substituents is 1. The molecule has 90 valence electrons. The Kier molecular flexibility index (Phi) is 4.36. The Bertz CT molecular complexity index is 327. The second-order valence-corrected chi connectivity index (χ2v) is 4.97. The fraction of sp³-hybridized carbons (Fsp3) is 0.571. The van der Waals surface area contributed by atoms with E-state index in [2.05, 4.69) is 39.8 Å². The zero-order valence-electron chi connectivity index (χ0n) is 10.7. The van der Waals surface area contributed by atoms with E-state index in [-0.39, 0.29) is 0 Å². The summed E-state index contributed by atoms with van der Waals surface area (Å²) in [6, 6.07) is 4.16. The van der Waals surface area contributed by atoms with Gasteiger partial charge in [0.05, 0.1) is 0 Å². The maximum absolute atomic E-state index is 10.2. The Morgan fingerprint density at radius 2 is 1.50 bits per heavy atom. The minimum absolute atomic E-state index is 0.343. The molecule has 0 fully saturated rings. The van der Waals surface area contributed by atoms with Crippen molar-refractivity contribution in [3.8, 4) is 5.75 Å². The van der Waals surface area contributed by atoms with E-state index in [0.717, 1.165) is 17.5 Å². The van der Waals surface area contributed by atoms with Crippen LogP contribution in [-0.2, 0) is 6.42 Å². The van der Waals surface area contributed by atoms with Crippen LogP contribution in [0.3, 0.4) is 0 Å². The molecule has 0 radical (unpaired) electrons. The molecule has 1 aromatic rings. The van der Waals surface area contributed by atoms with Gasteiger partial charge in [-0.3, -0.25) is 0 Å². The number of aromatic hydroxyl groups is 1. The van der Waals surface area contributed by atoms with Gasteiger partial charge < -0.3 is 10.8 Å². The number of rotatable bonds is 4. The van der Waals surface area contributed by atoms with E-state index < -0.39 is 0 Å². The fourth-order valence-corrected chi connectivity index (χ4v) is 1.94. The number of nitrogens with two attached hydrogens (primary N) is 1. The number of hydrogen-bond donors (Lipinski definition) is 2. The first-order chi connectivity index (χ1) is 7.47. The highest BCUT2D eigenvalue weighted by molar-refractivity contribution is 5.46. The summed E-state index contributed by atoms with van der Waals surface area (Å²) in [5.74, 6) is 1.15. The van der Waals surface area contributed by atoms with Gasteiger partial charge in [0.25, 0.3) is 0 Å². The van der Waals surface area contributed by atoms with E-state index in [1.165, 1.54) is 5.56 Å². The van der Waals surface area contributed by atoms with Crippen LogP contribution in [0.5, 0.6) is 5.75 Å². The van der Waals surface area contributed by atoms with E-state index in [1.807, 2.05) is 0 Å². The molecule has 0 saturated carbocycles. The van der Waals surface area contributed by atoms with Crippen molar-refractivity contribution in [2.75, 3.05) is 6.54 Å². The summed E-state index contributed by atoms with van der Waals surface area (Å²) in [4.78, 5) is 0. The molecule has 0 bridgehead atoms. The quantitative estimate of drug-likeness (QED) is 0.820. The second-order valence-electron chi connectivity index (χ2n) is 4.97. The Hall–Kier alpha value is -1.02. The molecule has 0 unspecified atom stereocenters. The molecule has 2 heteroatoms. The van der Waals surface area contributed by atoms with Crippen LogP contribution < -0.4 is 5.73 Å². The average Bonchev–Trinajstić information content (AvgIpc) is 2.19. The average molecular weight is 221 g/mol. The van der Waals surface area contributed by atoms with Crippen LogP contribution in [0.1, 0.15) is 56.2 Å². The molecule has 1 aromatic carbocycles. The van der Waals surface area contributed by atoms with Crippen LogP contribution in [0.15, 0.2) is 12.1 Å². The first-order valence-corrected chi connectivity index (χ1v) is 6.03. The van der Waals surface area contributed by atoms with Gasteiger partial charge in [0, 0.05) is 0 Å². The van der Waals surface area contributed by atoms with Crippen LogP contribution in [0.25, 0.3) is 0 Å². The molecule has 1 rings (SSSR count). The van der Waals surface area contributed by atoms with Crippen LogP contribution in [0.4, 0.5) is 0 Å². The molecular weight excluding hydrogens is 198 g/mol. The van der Waals surface area contributed by atoms with Crippen LogP contribution in [-0.4, -0.2) is 11.7 Å². The van der Waals surface area contributed by atoms with Gasteiger partial charge in [0.1, 0.15) is 5.75 Å². The van der Waals surface area contributed by atoms with E-state index in [9.17, 15) is 5.11 Å². The minimum Gasteiger partial charge on any atom is -0.507 e. The highest BCUT2D eigenvalue weighted by Gasteiger charge is 2.14. The standard InChI is InChI=1S/C14H23NO/c1-9(2)12-7-11(5-6-15)8-13(10(3)4)14(12)16/h7-10,16H,5-6,15H2,1-4H3. The summed E-state index contributed by atoms with van der Waals surface area (Å²) in [5, 5.41) is 10.2. The van der Waals surface area contributed by atoms with E-state index in [4.69, 9.17) is 5.73 Å². The molecule has 0 aliphatic carbocycles. The van der Waals surface area contributed by atoms with Crippen molar-refractivity contribution in [2.24, 2.45) is 5.73 Å². The maximum Gasteiger partial charge on any atom is 0.122 e. The van der Waals surface area contributed by atoms with Gasteiger partial charge in [-0.2, -0.15) is 0 Å². The van der Waals surface area contributed by atoms with Gasteiger partial charge in [-0.15, -0.1) is 0 Å². The van der Waals surface area contributed by atoms with Crippen LogP contribution in [0, 0.1) is 0 Å². The Labute approximate surface area is 98.5 Å². The molecule has 0 heterocycles. The number of benzene rings is 1. The summed E-state index contributed by atoms with van der Waals surface area (Å²) in [7, 11) is 0. The van der Waals surface area contributed by atoms with Crippen molar-refractivity contribution in [3.63, 3.8) is 0 Å². The summed E-state index contributed by atoms with van der Waals surface area (Å²) >= 11 is 0. The van der Waals surface area contributed by atoms with Crippen molar-refractivity contribution in [1.29, 1.82) is 0 Å². The zero-order valence-corrected chi connectivity index (χ0v) is 10.7. The fourth-order valence-electron chi connectivity index (χ4n) is 1.94. The lowest BCUT2D eigenvalue weighted by Gasteiger charge is -2.17. The smallest absolute Gasteiger partial charge is 0.122 e. The lowest BCUT2D eigenvalue weighted by atomic mass is 9.91. The Morgan fingerprint density at radius 3 is 1.81 bits per heavy atom. The van der Waals surface area contributed by atoms with Gasteiger partial charge in [0.2, 0.25) is 0 Å². The lowest BCUT2D eigenvalue weighted by Crippen LogP contribution is -2.05. The van der Waals surface area contributed by atoms with E-state index in [0.29, 0.717) is 24.1 Å². The Balaban J connectivity index is 3.27. The van der Waals surface area contributed by atoms with Crippen LogP contribution in [0.2, 0.25) is 0 Å². The van der Waals surface area contributed by atoms with Crippen molar-refractivity contribution in [3.05, 3.63) is 28.8 Å². The highest BCUT2D eigenvalue weighted by atomic mass is 16.3. The normalized spacial score (nSPS) is 11.4. The van der Waals surface area contributed by atoms with Gasteiger partial charge in [-0.1, -0.05) is 39.8 Å². The van der Waals surface area contributed by atoms with Crippen LogP contribution >= 0.6 is 0 Å². The molecule has 0 atom stereocenters. The first kappa shape index (κ1) is 13.0. The van der Waals surface area contributed by atoms with Crippen molar-refractivity contribution >= 4 is 0 Å². The number of hydrogen-bond acceptors (Lipinski definition) is 2. The molecule has 0 amide bonds. The molecule has 0 aliphatic rings. The molecule has 3 N–H and O–H groups in total. The first-order valence-electron chi connectivity index (χ1n) is 6.03. The molecule has 16 heavy (non-hydrogen) atoms. The SMILES string of the molecule is CC(C)c1cc(CCN)cc(C(C)C)c1O. The predicted octanol–water partition coefficient (Wildman–Crippen LogP) is 3.14. The summed E-state index contributed by atoms with van der Waals surface area (Å²) in [6.45, 7) is 9.06. The predicted molar refractivity (Wildman–Crippen MR) is 69.0 cm³/mol. The van der Waals surface area contributed by atoms with E-state index >= 15 is 0 Å². The van der Waals surface area contributed by atoms with Crippen molar-refractivity contribution in [2.45, 2.75) is 46.0 Å². The number of phenols is 1. The topological polar surface area (TPSA) is 46.2 Å². The van der Waals surface area contributed by atoms with Crippen molar-refractivity contribution in [1.82, 2.24) is 0 Å². The van der Waals surface area contributed by atoms with E-state index in [1.54, 1.807) is 0 Å². The summed E-state index contributed by atoms with van der Waals surface area (Å²) in [5.41, 5.74) is 8.89. The third-order valence-electron chi connectivity index (χ3n) is 2.91. The van der Waals surface area contributed by atoms with Gasteiger partial charge in [0.15, 0.2) is 0 Å². The molecule has 0 saturated heterocycles. The third kappa shape index (κ3) is 2.76. The monoisotopic (exact) mass is 221 g/mol. The lowest BCUT2D eigenvalue weighted by molar-refractivity contribution is 0.454. The van der Waals surface area contributed by atoms with Crippen molar-refractivity contribution < 1.29 is 5.11 Å². The van der Waals surface area contributed by atoms with Gasteiger partial charge >= 0.3 is 0 Å². The molecule has 2 nitrogen and oxygen atoms in total. The highest BCUT2D eigenvalue weighted by Crippen LogP contribution is 2.34. The third-order valence-corrected chi connectivity index (χ3v) is 2.91. The second kappa shape index (κ2) is 5.35. The van der Waals surface area contributed by atoms with Gasteiger partial charge in [-0.05, 0) is 41.5 Å². The molecule has 0 aromatic heterocycles.